The maximum absolute atomic E-state index is 12.3. The Morgan fingerprint density at radius 3 is 2.50 bits per heavy atom. The van der Waals surface area contributed by atoms with E-state index in [-0.39, 0.29) is 5.91 Å². The molecule has 24 heavy (non-hydrogen) atoms. The van der Waals surface area contributed by atoms with Crippen LogP contribution in [0.5, 0.6) is 0 Å². The number of para-hydroxylation sites is 1. The van der Waals surface area contributed by atoms with Crippen LogP contribution in [-0.2, 0) is 11.3 Å². The molecule has 2 aromatic rings. The molecule has 3 rings (SSSR count). The van der Waals surface area contributed by atoms with Crippen molar-refractivity contribution in [1.82, 2.24) is 0 Å². The van der Waals surface area contributed by atoms with Crippen LogP contribution in [0.15, 0.2) is 40.2 Å². The lowest BCUT2D eigenvalue weighted by Crippen LogP contribution is -3.28. The molecule has 6 heteroatoms. The third kappa shape index (κ3) is 4.89. The zero-order valence-electron chi connectivity index (χ0n) is 13.9. The van der Waals surface area contributed by atoms with Crippen LogP contribution < -0.4 is 15.1 Å². The van der Waals surface area contributed by atoms with Gasteiger partial charge in [-0.1, -0.05) is 18.2 Å². The Bertz CT molecular complexity index is 695. The molecule has 1 aliphatic heterocycles. The molecule has 1 amide bonds. The molecule has 1 aliphatic rings. The molecule has 0 saturated carbocycles. The summed E-state index contributed by atoms with van der Waals surface area (Å²) in [4.78, 5) is 16.7. The Labute approximate surface area is 155 Å². The molecule has 3 N–H and O–H groups in total. The van der Waals surface area contributed by atoms with Gasteiger partial charge >= 0.3 is 0 Å². The molecule has 4 nitrogen and oxygen atoms in total. The third-order valence-electron chi connectivity index (χ3n) is 4.55. The van der Waals surface area contributed by atoms with Gasteiger partial charge in [0.25, 0.3) is 5.91 Å². The average Bonchev–Trinajstić information content (AvgIpc) is 2.96. The Hall–Kier alpha value is -1.21. The number of amides is 1. The van der Waals surface area contributed by atoms with E-state index in [0.717, 1.165) is 44.0 Å². The standard InChI is InChI=1S/C18H22BrN3OS/c1-14-4-2-3-5-16(14)20-18(23)13-22-10-8-21(9-11-22)12-15-6-7-17(19)24-15/h2-7H,8-13H2,1H3,(H,20,23)/p+2. The van der Waals surface area contributed by atoms with Gasteiger partial charge in [-0.05, 0) is 46.6 Å². The summed E-state index contributed by atoms with van der Waals surface area (Å²) < 4.78 is 1.20. The highest BCUT2D eigenvalue weighted by Crippen LogP contribution is 2.21. The number of carbonyl (C=O) groups is 1. The van der Waals surface area contributed by atoms with Gasteiger partial charge in [0.05, 0.1) is 8.66 Å². The number of carbonyl (C=O) groups excluding carboxylic acids is 1. The van der Waals surface area contributed by atoms with Gasteiger partial charge in [-0.3, -0.25) is 4.79 Å². The lowest BCUT2D eigenvalue weighted by atomic mass is 10.2. The second kappa shape index (κ2) is 8.25. The van der Waals surface area contributed by atoms with E-state index in [2.05, 4.69) is 33.4 Å². The minimum absolute atomic E-state index is 0.116. The van der Waals surface area contributed by atoms with Gasteiger partial charge < -0.3 is 15.1 Å². The molecule has 0 radical (unpaired) electrons. The quantitative estimate of drug-likeness (QED) is 0.669. The van der Waals surface area contributed by atoms with Crippen LogP contribution in [0.1, 0.15) is 10.4 Å². The van der Waals surface area contributed by atoms with Crippen LogP contribution >= 0.6 is 27.3 Å². The summed E-state index contributed by atoms with van der Waals surface area (Å²) in [7, 11) is 0. The molecule has 0 bridgehead atoms. The van der Waals surface area contributed by atoms with Crippen LogP contribution in [-0.4, -0.2) is 38.6 Å². The van der Waals surface area contributed by atoms with Crippen molar-refractivity contribution in [3.05, 3.63) is 50.6 Å². The first-order valence-corrected chi connectivity index (χ1v) is 9.98. The lowest BCUT2D eigenvalue weighted by molar-refractivity contribution is -1.01. The minimum atomic E-state index is 0.116. The predicted octanol–water partition coefficient (Wildman–Crippen LogP) is 0.741. The fourth-order valence-corrected chi connectivity index (χ4v) is 4.69. The largest absolute Gasteiger partial charge is 0.321 e. The summed E-state index contributed by atoms with van der Waals surface area (Å²) in [5, 5.41) is 3.04. The molecular weight excluding hydrogens is 386 g/mol. The molecule has 1 fully saturated rings. The van der Waals surface area contributed by atoms with E-state index in [1.54, 1.807) is 4.90 Å². The second-order valence-electron chi connectivity index (χ2n) is 6.42. The maximum atomic E-state index is 12.3. The predicted molar refractivity (Wildman–Crippen MR) is 102 cm³/mol. The van der Waals surface area contributed by atoms with Crippen molar-refractivity contribution in [2.24, 2.45) is 0 Å². The van der Waals surface area contributed by atoms with Crippen LogP contribution in [0.25, 0.3) is 0 Å². The number of hydrogen-bond acceptors (Lipinski definition) is 2. The van der Waals surface area contributed by atoms with Crippen LogP contribution in [0.2, 0.25) is 0 Å². The molecule has 1 saturated heterocycles. The number of aryl methyl sites for hydroxylation is 1. The van der Waals surface area contributed by atoms with Crippen molar-refractivity contribution in [2.75, 3.05) is 38.0 Å². The fourth-order valence-electron chi connectivity index (χ4n) is 3.14. The topological polar surface area (TPSA) is 38.0 Å². The Kier molecular flexibility index (Phi) is 6.05. The molecule has 0 unspecified atom stereocenters. The smallest absolute Gasteiger partial charge is 0.279 e. The van der Waals surface area contributed by atoms with E-state index in [1.165, 1.54) is 13.6 Å². The minimum Gasteiger partial charge on any atom is -0.321 e. The highest BCUT2D eigenvalue weighted by Gasteiger charge is 2.25. The summed E-state index contributed by atoms with van der Waals surface area (Å²) >= 11 is 5.35. The van der Waals surface area contributed by atoms with Gasteiger partial charge in [0.15, 0.2) is 6.54 Å². The molecular formula is C18H24BrN3OS+2. The first-order chi connectivity index (χ1) is 11.6. The van der Waals surface area contributed by atoms with Gasteiger partial charge in [0.1, 0.15) is 32.7 Å². The molecule has 1 aromatic heterocycles. The zero-order chi connectivity index (χ0) is 16.9. The van der Waals surface area contributed by atoms with E-state index in [0.29, 0.717) is 6.54 Å². The first-order valence-electron chi connectivity index (χ1n) is 8.37. The zero-order valence-corrected chi connectivity index (χ0v) is 16.3. The number of hydrogen-bond donors (Lipinski definition) is 3. The van der Waals surface area contributed by atoms with Crippen molar-refractivity contribution in [3.8, 4) is 0 Å². The van der Waals surface area contributed by atoms with Gasteiger partial charge in [0.2, 0.25) is 0 Å². The van der Waals surface area contributed by atoms with Crippen molar-refractivity contribution in [2.45, 2.75) is 13.5 Å². The van der Waals surface area contributed by atoms with Crippen LogP contribution in [0.4, 0.5) is 5.69 Å². The normalized spacial score (nSPS) is 20.8. The number of thiophene rings is 1. The molecule has 0 aliphatic carbocycles. The summed E-state index contributed by atoms with van der Waals surface area (Å²) in [6.07, 6.45) is 0. The number of nitrogens with one attached hydrogen (secondary N) is 3. The molecule has 128 valence electrons. The third-order valence-corrected chi connectivity index (χ3v) is 6.17. The van der Waals surface area contributed by atoms with Gasteiger partial charge in [-0.2, -0.15) is 0 Å². The summed E-state index contributed by atoms with van der Waals surface area (Å²) in [6, 6.07) is 12.3. The van der Waals surface area contributed by atoms with Crippen molar-refractivity contribution >= 4 is 38.9 Å². The van der Waals surface area contributed by atoms with Crippen molar-refractivity contribution in [3.63, 3.8) is 0 Å². The Morgan fingerprint density at radius 1 is 1.12 bits per heavy atom. The fraction of sp³-hybridized carbons (Fsp3) is 0.389. The van der Waals surface area contributed by atoms with Gasteiger partial charge in [-0.25, -0.2) is 0 Å². The molecule has 2 heterocycles. The van der Waals surface area contributed by atoms with Gasteiger partial charge in [-0.15, -0.1) is 11.3 Å². The summed E-state index contributed by atoms with van der Waals surface area (Å²) in [6.45, 7) is 8.05. The SMILES string of the molecule is Cc1ccccc1NC(=O)C[NH+]1CC[NH+](Cc2ccc(Br)s2)CC1. The summed E-state index contributed by atoms with van der Waals surface area (Å²) in [5.74, 6) is 0.116. The number of anilines is 1. The number of piperazine rings is 1. The highest BCUT2D eigenvalue weighted by atomic mass is 79.9. The molecule has 0 atom stereocenters. The van der Waals surface area contributed by atoms with Crippen molar-refractivity contribution in [1.29, 1.82) is 0 Å². The number of rotatable bonds is 5. The monoisotopic (exact) mass is 409 g/mol. The van der Waals surface area contributed by atoms with Crippen LogP contribution in [0, 0.1) is 6.92 Å². The second-order valence-corrected chi connectivity index (χ2v) is 8.97. The number of halogens is 1. The van der Waals surface area contributed by atoms with E-state index in [1.807, 2.05) is 42.5 Å². The van der Waals surface area contributed by atoms with E-state index in [9.17, 15) is 4.79 Å². The Morgan fingerprint density at radius 2 is 1.83 bits per heavy atom. The van der Waals surface area contributed by atoms with E-state index in [4.69, 9.17) is 0 Å². The van der Waals surface area contributed by atoms with Gasteiger partial charge in [0, 0.05) is 5.69 Å². The Balaban J connectivity index is 1.43. The number of quaternary nitrogens is 2. The average molecular weight is 410 g/mol. The maximum Gasteiger partial charge on any atom is 0.279 e. The van der Waals surface area contributed by atoms with Crippen molar-refractivity contribution < 1.29 is 14.6 Å². The number of benzene rings is 1. The summed E-state index contributed by atoms with van der Waals surface area (Å²) in [5.41, 5.74) is 2.03. The van der Waals surface area contributed by atoms with E-state index < -0.39 is 0 Å². The molecule has 1 aromatic carbocycles. The van der Waals surface area contributed by atoms with E-state index >= 15 is 0 Å². The lowest BCUT2D eigenvalue weighted by Gasteiger charge is -2.29. The first kappa shape index (κ1) is 17.6. The van der Waals surface area contributed by atoms with Crippen LogP contribution in [0.3, 0.4) is 0 Å². The molecule has 0 spiro atoms. The highest BCUT2D eigenvalue weighted by molar-refractivity contribution is 9.11.